The second kappa shape index (κ2) is 4.77. The zero-order valence-corrected chi connectivity index (χ0v) is 10.7. The standard InChI is InChI=1S/C15H22FN/c1-15(2)9-7-12(8-10-15)14(17)11-3-5-13(16)6-4-11/h3-6,12,14H,7-10,17H2,1-2H3. The van der Waals surface area contributed by atoms with Crippen molar-refractivity contribution in [1.82, 2.24) is 0 Å². The van der Waals surface area contributed by atoms with Crippen molar-refractivity contribution in [2.75, 3.05) is 0 Å². The van der Waals surface area contributed by atoms with E-state index in [0.29, 0.717) is 11.3 Å². The molecule has 1 aliphatic rings. The summed E-state index contributed by atoms with van der Waals surface area (Å²) in [6, 6.07) is 6.70. The number of hydrogen-bond donors (Lipinski definition) is 1. The molecule has 2 N–H and O–H groups in total. The van der Waals surface area contributed by atoms with E-state index in [1.165, 1.54) is 37.8 Å². The number of nitrogens with two attached hydrogens (primary N) is 1. The minimum absolute atomic E-state index is 0.0618. The summed E-state index contributed by atoms with van der Waals surface area (Å²) in [5.41, 5.74) is 7.82. The summed E-state index contributed by atoms with van der Waals surface area (Å²) in [6.45, 7) is 4.65. The molecule has 0 spiro atoms. The largest absolute Gasteiger partial charge is 0.324 e. The lowest BCUT2D eigenvalue weighted by Crippen LogP contribution is -2.29. The van der Waals surface area contributed by atoms with Gasteiger partial charge in [-0.1, -0.05) is 26.0 Å². The third-order valence-electron chi connectivity index (χ3n) is 4.15. The maximum atomic E-state index is 12.9. The molecule has 1 atom stereocenters. The van der Waals surface area contributed by atoms with Gasteiger partial charge in [-0.25, -0.2) is 4.39 Å². The van der Waals surface area contributed by atoms with Crippen LogP contribution in [0.25, 0.3) is 0 Å². The number of halogens is 1. The van der Waals surface area contributed by atoms with E-state index < -0.39 is 0 Å². The van der Waals surface area contributed by atoms with Crippen LogP contribution in [0.2, 0.25) is 0 Å². The number of hydrogen-bond acceptors (Lipinski definition) is 1. The second-order valence-corrected chi connectivity index (χ2v) is 6.08. The van der Waals surface area contributed by atoms with E-state index in [2.05, 4.69) is 13.8 Å². The van der Waals surface area contributed by atoms with Crippen molar-refractivity contribution < 1.29 is 4.39 Å². The smallest absolute Gasteiger partial charge is 0.123 e. The number of benzene rings is 1. The summed E-state index contributed by atoms with van der Waals surface area (Å²) in [4.78, 5) is 0. The highest BCUT2D eigenvalue weighted by Crippen LogP contribution is 2.41. The highest BCUT2D eigenvalue weighted by Gasteiger charge is 2.30. The monoisotopic (exact) mass is 235 g/mol. The number of rotatable bonds is 2. The first kappa shape index (κ1) is 12.6. The molecule has 17 heavy (non-hydrogen) atoms. The predicted octanol–water partition coefficient (Wildman–Crippen LogP) is 4.04. The van der Waals surface area contributed by atoms with Crippen molar-refractivity contribution in [2.24, 2.45) is 17.1 Å². The SMILES string of the molecule is CC1(C)CCC(C(N)c2ccc(F)cc2)CC1. The molecule has 1 aliphatic carbocycles. The summed E-state index contributed by atoms with van der Waals surface area (Å²) in [5, 5.41) is 0. The van der Waals surface area contributed by atoms with E-state index in [1.54, 1.807) is 0 Å². The molecule has 0 heterocycles. The third kappa shape index (κ3) is 3.06. The molecule has 1 nitrogen and oxygen atoms in total. The molecular formula is C15H22FN. The van der Waals surface area contributed by atoms with E-state index in [0.717, 1.165) is 5.56 Å². The summed E-state index contributed by atoms with van der Waals surface area (Å²) in [5.74, 6) is 0.360. The lowest BCUT2D eigenvalue weighted by molar-refractivity contribution is 0.173. The molecule has 94 valence electrons. The van der Waals surface area contributed by atoms with Crippen LogP contribution in [0.5, 0.6) is 0 Å². The normalized spacial score (nSPS) is 22.4. The van der Waals surface area contributed by atoms with Crippen LogP contribution in [0.15, 0.2) is 24.3 Å². The minimum atomic E-state index is -0.189. The molecule has 0 radical (unpaired) electrons. The van der Waals surface area contributed by atoms with Crippen molar-refractivity contribution in [2.45, 2.75) is 45.6 Å². The van der Waals surface area contributed by atoms with Crippen molar-refractivity contribution in [1.29, 1.82) is 0 Å². The lowest BCUT2D eigenvalue weighted by Gasteiger charge is -2.37. The molecule has 0 bridgehead atoms. The van der Waals surface area contributed by atoms with E-state index in [1.807, 2.05) is 12.1 Å². The van der Waals surface area contributed by atoms with Gasteiger partial charge in [-0.2, -0.15) is 0 Å². The molecule has 0 amide bonds. The zero-order valence-electron chi connectivity index (χ0n) is 10.7. The fraction of sp³-hybridized carbons (Fsp3) is 0.600. The maximum Gasteiger partial charge on any atom is 0.123 e. The molecule has 1 unspecified atom stereocenters. The summed E-state index contributed by atoms with van der Waals surface area (Å²) in [6.07, 6.45) is 4.86. The molecule has 2 rings (SSSR count). The Kier molecular flexibility index (Phi) is 3.53. The third-order valence-corrected chi connectivity index (χ3v) is 4.15. The van der Waals surface area contributed by atoms with E-state index in [9.17, 15) is 4.39 Å². The van der Waals surface area contributed by atoms with Crippen LogP contribution in [0.1, 0.15) is 51.1 Å². The van der Waals surface area contributed by atoms with Gasteiger partial charge < -0.3 is 5.73 Å². The Labute approximate surface area is 103 Å². The molecule has 1 aromatic rings. The fourth-order valence-corrected chi connectivity index (χ4v) is 2.74. The molecule has 1 fully saturated rings. The van der Waals surface area contributed by atoms with Crippen LogP contribution in [0.4, 0.5) is 4.39 Å². The van der Waals surface area contributed by atoms with Crippen molar-refractivity contribution in [3.05, 3.63) is 35.6 Å². The van der Waals surface area contributed by atoms with Gasteiger partial charge in [-0.3, -0.25) is 0 Å². The van der Waals surface area contributed by atoms with Gasteiger partial charge in [0.25, 0.3) is 0 Å². The molecular weight excluding hydrogens is 213 g/mol. The van der Waals surface area contributed by atoms with Crippen molar-refractivity contribution in [3.63, 3.8) is 0 Å². The zero-order chi connectivity index (χ0) is 12.5. The molecule has 0 saturated heterocycles. The first-order valence-corrected chi connectivity index (χ1v) is 6.49. The minimum Gasteiger partial charge on any atom is -0.324 e. The van der Waals surface area contributed by atoms with Crippen molar-refractivity contribution in [3.8, 4) is 0 Å². The van der Waals surface area contributed by atoms with E-state index in [4.69, 9.17) is 5.73 Å². The van der Waals surface area contributed by atoms with E-state index >= 15 is 0 Å². The average Bonchev–Trinajstić information content (AvgIpc) is 2.29. The van der Waals surface area contributed by atoms with Gasteiger partial charge in [0.2, 0.25) is 0 Å². The summed E-state index contributed by atoms with van der Waals surface area (Å²) in [7, 11) is 0. The Hall–Kier alpha value is -0.890. The van der Waals surface area contributed by atoms with Crippen LogP contribution >= 0.6 is 0 Å². The molecule has 1 saturated carbocycles. The highest BCUT2D eigenvalue weighted by atomic mass is 19.1. The Morgan fingerprint density at radius 3 is 2.24 bits per heavy atom. The topological polar surface area (TPSA) is 26.0 Å². The van der Waals surface area contributed by atoms with Gasteiger partial charge in [0.05, 0.1) is 0 Å². The Morgan fingerprint density at radius 2 is 1.71 bits per heavy atom. The predicted molar refractivity (Wildman–Crippen MR) is 69.1 cm³/mol. The maximum absolute atomic E-state index is 12.9. The average molecular weight is 235 g/mol. The van der Waals surface area contributed by atoms with Crippen LogP contribution < -0.4 is 5.73 Å². The van der Waals surface area contributed by atoms with Crippen LogP contribution in [-0.2, 0) is 0 Å². The highest BCUT2D eigenvalue weighted by molar-refractivity contribution is 5.20. The van der Waals surface area contributed by atoms with Gasteiger partial charge in [-0.05, 0) is 54.7 Å². The van der Waals surface area contributed by atoms with Gasteiger partial charge in [0.1, 0.15) is 5.82 Å². The Morgan fingerprint density at radius 1 is 1.18 bits per heavy atom. The van der Waals surface area contributed by atoms with Crippen LogP contribution in [-0.4, -0.2) is 0 Å². The molecule has 0 aliphatic heterocycles. The Bertz CT molecular complexity index is 359. The first-order chi connectivity index (χ1) is 7.98. The van der Waals surface area contributed by atoms with Gasteiger partial charge >= 0.3 is 0 Å². The quantitative estimate of drug-likeness (QED) is 0.822. The Balaban J connectivity index is 2.01. The molecule has 2 heteroatoms. The van der Waals surface area contributed by atoms with Crippen LogP contribution in [0.3, 0.4) is 0 Å². The van der Waals surface area contributed by atoms with Crippen LogP contribution in [0, 0.1) is 17.2 Å². The molecule has 0 aromatic heterocycles. The van der Waals surface area contributed by atoms with E-state index in [-0.39, 0.29) is 11.9 Å². The fourth-order valence-electron chi connectivity index (χ4n) is 2.74. The van der Waals surface area contributed by atoms with Crippen molar-refractivity contribution >= 4 is 0 Å². The molecule has 1 aromatic carbocycles. The van der Waals surface area contributed by atoms with Gasteiger partial charge in [-0.15, -0.1) is 0 Å². The summed E-state index contributed by atoms with van der Waals surface area (Å²) < 4.78 is 12.9. The lowest BCUT2D eigenvalue weighted by atomic mass is 9.70. The van der Waals surface area contributed by atoms with Gasteiger partial charge in [0.15, 0.2) is 0 Å². The second-order valence-electron chi connectivity index (χ2n) is 6.08. The summed E-state index contributed by atoms with van der Waals surface area (Å²) >= 11 is 0. The van der Waals surface area contributed by atoms with Gasteiger partial charge in [0, 0.05) is 6.04 Å². The first-order valence-electron chi connectivity index (χ1n) is 6.49.